The number of carbonyl (C=O) groups is 3. The minimum Gasteiger partial charge on any atom is -0.492 e. The van der Waals surface area contributed by atoms with Gasteiger partial charge in [-0.15, -0.1) is 0 Å². The number of nitrogens with one attached hydrogen (secondary N) is 2. The van der Waals surface area contributed by atoms with Crippen LogP contribution >= 0.6 is 0 Å². The molecule has 0 bridgehead atoms. The molecule has 3 aliphatic heterocycles. The number of imide groups is 1. The number of fused-ring (bicyclic) bond motifs is 1. The maximum Gasteiger partial charge on any atom is 0.255 e. The quantitative estimate of drug-likeness (QED) is 0.650. The maximum absolute atomic E-state index is 12.9. The summed E-state index contributed by atoms with van der Waals surface area (Å²) in [5, 5.41) is 2.34. The van der Waals surface area contributed by atoms with Crippen LogP contribution in [0.15, 0.2) is 24.5 Å². The van der Waals surface area contributed by atoms with Crippen LogP contribution in [0.4, 0.5) is 0 Å². The minimum absolute atomic E-state index is 0.168. The van der Waals surface area contributed by atoms with E-state index >= 15 is 0 Å². The zero-order valence-electron chi connectivity index (χ0n) is 18.8. The van der Waals surface area contributed by atoms with Gasteiger partial charge in [0, 0.05) is 36.8 Å². The van der Waals surface area contributed by atoms with E-state index in [4.69, 9.17) is 4.74 Å². The van der Waals surface area contributed by atoms with Crippen molar-refractivity contribution in [3.63, 3.8) is 0 Å². The molecule has 174 valence electrons. The molecule has 4 heterocycles. The predicted molar refractivity (Wildman–Crippen MR) is 119 cm³/mol. The van der Waals surface area contributed by atoms with Gasteiger partial charge in [-0.2, -0.15) is 0 Å². The normalized spacial score (nSPS) is 23.5. The van der Waals surface area contributed by atoms with E-state index in [0.717, 1.165) is 42.2 Å². The summed E-state index contributed by atoms with van der Waals surface area (Å²) >= 11 is 0. The first-order valence-corrected chi connectivity index (χ1v) is 11.6. The van der Waals surface area contributed by atoms with Gasteiger partial charge in [-0.3, -0.25) is 24.6 Å². The molecule has 2 fully saturated rings. The van der Waals surface area contributed by atoms with Gasteiger partial charge in [-0.1, -0.05) is 6.42 Å². The number of aryl methyl sites for hydroxylation is 1. The number of benzene rings is 1. The molecule has 1 aromatic carbocycles. The second-order valence-corrected chi connectivity index (χ2v) is 9.12. The Hall–Kier alpha value is -3.20. The van der Waals surface area contributed by atoms with E-state index in [1.807, 2.05) is 19.1 Å². The summed E-state index contributed by atoms with van der Waals surface area (Å²) in [6.45, 7) is 4.81. The molecule has 1 aromatic heterocycles. The third-order valence-electron chi connectivity index (χ3n) is 6.97. The van der Waals surface area contributed by atoms with E-state index in [1.165, 1.54) is 12.8 Å². The van der Waals surface area contributed by atoms with Crippen molar-refractivity contribution < 1.29 is 19.1 Å². The largest absolute Gasteiger partial charge is 0.492 e. The van der Waals surface area contributed by atoms with Crippen molar-refractivity contribution in [2.45, 2.75) is 64.2 Å². The number of likely N-dealkylation sites (tertiary alicyclic amines) is 1. The number of aromatic amines is 1. The summed E-state index contributed by atoms with van der Waals surface area (Å²) in [7, 11) is 0. The Balaban J connectivity index is 1.23. The van der Waals surface area contributed by atoms with Gasteiger partial charge in [-0.05, 0) is 56.5 Å². The Labute approximate surface area is 192 Å². The van der Waals surface area contributed by atoms with Crippen molar-refractivity contribution in [1.29, 1.82) is 0 Å². The van der Waals surface area contributed by atoms with Crippen LogP contribution in [0.3, 0.4) is 0 Å². The molecule has 2 atom stereocenters. The van der Waals surface area contributed by atoms with Crippen LogP contribution in [0.1, 0.15) is 59.4 Å². The van der Waals surface area contributed by atoms with Crippen molar-refractivity contribution in [2.75, 3.05) is 13.2 Å². The number of hydrogen-bond acceptors (Lipinski definition) is 6. The minimum atomic E-state index is -0.603. The topological polar surface area (TPSA) is 108 Å². The Morgan fingerprint density at radius 3 is 2.85 bits per heavy atom. The second kappa shape index (κ2) is 8.97. The lowest BCUT2D eigenvalue weighted by atomic mass is 10.0. The number of hydrogen-bond donors (Lipinski definition) is 2. The van der Waals surface area contributed by atoms with E-state index in [0.29, 0.717) is 31.2 Å². The molecule has 0 radical (unpaired) electrons. The third-order valence-corrected chi connectivity index (χ3v) is 6.97. The summed E-state index contributed by atoms with van der Waals surface area (Å²) in [5.41, 5.74) is 3.63. The number of piperidine rings is 2. The number of H-pyrrole nitrogens is 1. The summed E-state index contributed by atoms with van der Waals surface area (Å²) in [5.74, 6) is -0.115. The van der Waals surface area contributed by atoms with Gasteiger partial charge < -0.3 is 14.6 Å². The number of amides is 3. The van der Waals surface area contributed by atoms with E-state index < -0.39 is 11.9 Å². The van der Waals surface area contributed by atoms with Crippen molar-refractivity contribution >= 4 is 17.7 Å². The average molecular weight is 452 g/mol. The molecule has 0 saturated carbocycles. The fourth-order valence-corrected chi connectivity index (χ4v) is 5.03. The number of imidazole rings is 1. The summed E-state index contributed by atoms with van der Waals surface area (Å²) in [6, 6.07) is 5.22. The average Bonchev–Trinajstić information content (AvgIpc) is 3.35. The molecule has 2 saturated heterocycles. The van der Waals surface area contributed by atoms with Crippen molar-refractivity contribution in [3.8, 4) is 5.75 Å². The Morgan fingerprint density at radius 2 is 2.06 bits per heavy atom. The standard InChI is InChI=1S/C24H29N5O4/c1-15-20(26-14-25-15)12-28-9-3-2-4-17(28)13-33-18-5-6-19-16(10-18)11-29(24(19)32)21-7-8-22(30)27-23(21)31/h5-6,10,14,17,21H,2-4,7-9,11-13H2,1H3,(H,25,26)(H,27,30,31)/t17-,21?/m0/s1. The van der Waals surface area contributed by atoms with Crippen LogP contribution in [-0.4, -0.2) is 62.7 Å². The maximum atomic E-state index is 12.9. The number of ether oxygens (including phenoxy) is 1. The van der Waals surface area contributed by atoms with Gasteiger partial charge in [0.25, 0.3) is 5.91 Å². The molecular weight excluding hydrogens is 422 g/mol. The summed E-state index contributed by atoms with van der Waals surface area (Å²) in [4.78, 5) is 48.1. The monoisotopic (exact) mass is 451 g/mol. The highest BCUT2D eigenvalue weighted by Crippen LogP contribution is 2.30. The fraction of sp³-hybridized carbons (Fsp3) is 0.500. The SMILES string of the molecule is Cc1[nH]cnc1CN1CCCC[C@H]1COc1ccc2c(c1)CN(C1CCC(=O)NC1=O)C2=O. The molecule has 9 nitrogen and oxygen atoms in total. The van der Waals surface area contributed by atoms with Gasteiger partial charge in [0.15, 0.2) is 0 Å². The van der Waals surface area contributed by atoms with Gasteiger partial charge in [0.1, 0.15) is 18.4 Å². The first-order valence-electron chi connectivity index (χ1n) is 11.6. The Bertz CT molecular complexity index is 1080. The zero-order valence-corrected chi connectivity index (χ0v) is 18.8. The molecule has 33 heavy (non-hydrogen) atoms. The molecule has 0 spiro atoms. The van der Waals surface area contributed by atoms with Crippen LogP contribution < -0.4 is 10.1 Å². The van der Waals surface area contributed by atoms with E-state index in [1.54, 1.807) is 17.3 Å². The lowest BCUT2D eigenvalue weighted by Gasteiger charge is -2.35. The molecule has 1 unspecified atom stereocenters. The first kappa shape index (κ1) is 21.6. The first-order chi connectivity index (χ1) is 16.0. The smallest absolute Gasteiger partial charge is 0.255 e. The summed E-state index contributed by atoms with van der Waals surface area (Å²) in [6.07, 6.45) is 5.79. The van der Waals surface area contributed by atoms with Gasteiger partial charge in [-0.25, -0.2) is 4.98 Å². The van der Waals surface area contributed by atoms with Crippen LogP contribution in [-0.2, 0) is 22.7 Å². The number of aromatic nitrogens is 2. The Morgan fingerprint density at radius 1 is 1.18 bits per heavy atom. The van der Waals surface area contributed by atoms with Gasteiger partial charge >= 0.3 is 0 Å². The molecule has 5 rings (SSSR count). The molecule has 2 N–H and O–H groups in total. The number of nitrogens with zero attached hydrogens (tertiary/aromatic N) is 3. The van der Waals surface area contributed by atoms with E-state index in [2.05, 4.69) is 20.2 Å². The van der Waals surface area contributed by atoms with Gasteiger partial charge in [0.2, 0.25) is 11.8 Å². The van der Waals surface area contributed by atoms with Crippen LogP contribution in [0.2, 0.25) is 0 Å². The summed E-state index contributed by atoms with van der Waals surface area (Å²) < 4.78 is 6.18. The highest BCUT2D eigenvalue weighted by molar-refractivity contribution is 6.05. The molecule has 3 amide bonds. The zero-order chi connectivity index (χ0) is 22.9. The highest BCUT2D eigenvalue weighted by Gasteiger charge is 2.39. The highest BCUT2D eigenvalue weighted by atomic mass is 16.5. The predicted octanol–water partition coefficient (Wildman–Crippen LogP) is 1.91. The Kier molecular flexibility index (Phi) is 5.88. The lowest BCUT2D eigenvalue weighted by molar-refractivity contribution is -0.136. The van der Waals surface area contributed by atoms with Crippen LogP contribution in [0.5, 0.6) is 5.75 Å². The number of rotatable bonds is 6. The molecule has 9 heteroatoms. The fourth-order valence-electron chi connectivity index (χ4n) is 5.03. The second-order valence-electron chi connectivity index (χ2n) is 9.12. The van der Waals surface area contributed by atoms with Crippen molar-refractivity contribution in [2.24, 2.45) is 0 Å². The van der Waals surface area contributed by atoms with E-state index in [-0.39, 0.29) is 18.2 Å². The molecule has 0 aliphatic carbocycles. The molecule has 2 aromatic rings. The molecular formula is C24H29N5O4. The number of carbonyl (C=O) groups excluding carboxylic acids is 3. The van der Waals surface area contributed by atoms with Gasteiger partial charge in [0.05, 0.1) is 12.0 Å². The van der Waals surface area contributed by atoms with Crippen LogP contribution in [0.25, 0.3) is 0 Å². The van der Waals surface area contributed by atoms with Crippen molar-refractivity contribution in [1.82, 2.24) is 25.1 Å². The van der Waals surface area contributed by atoms with Crippen LogP contribution in [0, 0.1) is 6.92 Å². The van der Waals surface area contributed by atoms with E-state index in [9.17, 15) is 14.4 Å². The lowest BCUT2D eigenvalue weighted by Crippen LogP contribution is -2.52. The molecule has 3 aliphatic rings. The van der Waals surface area contributed by atoms with Crippen molar-refractivity contribution in [3.05, 3.63) is 47.0 Å². The third kappa shape index (κ3) is 4.37.